The molecule has 2 aromatic rings. The summed E-state index contributed by atoms with van der Waals surface area (Å²) in [6.07, 6.45) is 0.266. The van der Waals surface area contributed by atoms with E-state index in [2.05, 4.69) is 10.4 Å². The third-order valence-corrected chi connectivity index (χ3v) is 4.28. The predicted molar refractivity (Wildman–Crippen MR) is 110 cm³/mol. The predicted octanol–water partition coefficient (Wildman–Crippen LogP) is 2.37. The molecule has 0 saturated heterocycles. The van der Waals surface area contributed by atoms with Gasteiger partial charge in [-0.1, -0.05) is 18.2 Å². The van der Waals surface area contributed by atoms with Crippen LogP contribution in [0.4, 0.5) is 11.4 Å². The van der Waals surface area contributed by atoms with E-state index in [0.717, 1.165) is 0 Å². The lowest BCUT2D eigenvalue weighted by atomic mass is 10.1. The van der Waals surface area contributed by atoms with Crippen molar-refractivity contribution in [3.05, 3.63) is 48.5 Å². The summed E-state index contributed by atoms with van der Waals surface area (Å²) in [6.45, 7) is -0.516. The van der Waals surface area contributed by atoms with E-state index in [1.807, 2.05) is 6.07 Å². The first-order chi connectivity index (χ1) is 14.5. The molecule has 0 saturated carbocycles. The molecule has 0 fully saturated rings. The maximum atomic E-state index is 12.3. The summed E-state index contributed by atoms with van der Waals surface area (Å²) in [5.74, 6) is -0.562. The number of hydrazone groups is 1. The second kappa shape index (κ2) is 9.55. The summed E-state index contributed by atoms with van der Waals surface area (Å²) in [7, 11) is 2.97. The Balaban J connectivity index is 1.62. The number of carbonyl (C=O) groups excluding carboxylic acids is 3. The van der Waals surface area contributed by atoms with Gasteiger partial charge in [0.15, 0.2) is 6.61 Å². The Bertz CT molecular complexity index is 974. The molecule has 0 aromatic heterocycles. The highest BCUT2D eigenvalue weighted by Gasteiger charge is 2.26. The molecule has 1 heterocycles. The van der Waals surface area contributed by atoms with Gasteiger partial charge in [-0.05, 0) is 24.3 Å². The quantitative estimate of drug-likeness (QED) is 0.701. The maximum Gasteiger partial charge on any atom is 0.355 e. The van der Waals surface area contributed by atoms with Gasteiger partial charge in [-0.15, -0.1) is 0 Å². The third-order valence-electron chi connectivity index (χ3n) is 4.28. The van der Waals surface area contributed by atoms with E-state index in [1.165, 1.54) is 19.2 Å². The van der Waals surface area contributed by atoms with E-state index in [1.54, 1.807) is 42.5 Å². The average molecular weight is 411 g/mol. The zero-order valence-corrected chi connectivity index (χ0v) is 16.6. The largest absolute Gasteiger partial charge is 0.497 e. The number of carbonyl (C=O) groups is 3. The van der Waals surface area contributed by atoms with Gasteiger partial charge in [0.05, 0.1) is 25.6 Å². The number of hydrogen-bond donors (Lipinski definition) is 1. The number of hydrogen-bond acceptors (Lipinski definition) is 7. The fraction of sp³-hybridized carbons (Fsp3) is 0.238. The van der Waals surface area contributed by atoms with Gasteiger partial charge >= 0.3 is 5.97 Å². The lowest BCUT2D eigenvalue weighted by Crippen LogP contribution is -2.35. The van der Waals surface area contributed by atoms with Crippen LogP contribution < -0.4 is 19.8 Å². The number of amides is 2. The highest BCUT2D eigenvalue weighted by Crippen LogP contribution is 2.28. The fourth-order valence-corrected chi connectivity index (χ4v) is 2.78. The Morgan fingerprint density at radius 3 is 2.53 bits per heavy atom. The van der Waals surface area contributed by atoms with Crippen molar-refractivity contribution in [1.29, 1.82) is 0 Å². The number of para-hydroxylation sites is 1. The molecule has 3 rings (SSSR count). The molecule has 2 aromatic carbocycles. The molecule has 30 heavy (non-hydrogen) atoms. The first-order valence-corrected chi connectivity index (χ1v) is 9.16. The van der Waals surface area contributed by atoms with Crippen LogP contribution in [0, 0.1) is 0 Å². The molecule has 1 aliphatic heterocycles. The summed E-state index contributed by atoms with van der Waals surface area (Å²) < 4.78 is 15.4. The zero-order valence-electron chi connectivity index (χ0n) is 16.6. The van der Waals surface area contributed by atoms with Crippen molar-refractivity contribution >= 4 is 34.9 Å². The minimum atomic E-state index is -0.754. The molecule has 9 nitrogen and oxygen atoms in total. The van der Waals surface area contributed by atoms with E-state index < -0.39 is 18.5 Å². The molecule has 1 N–H and O–H groups in total. The molecule has 2 amide bonds. The van der Waals surface area contributed by atoms with Gasteiger partial charge in [-0.2, -0.15) is 5.10 Å². The Morgan fingerprint density at radius 1 is 1.07 bits per heavy atom. The summed E-state index contributed by atoms with van der Waals surface area (Å²) in [6, 6.07) is 13.7. The molecule has 0 unspecified atom stereocenters. The highest BCUT2D eigenvalue weighted by atomic mass is 16.5. The molecule has 0 radical (unpaired) electrons. The molecule has 0 spiro atoms. The third kappa shape index (κ3) is 4.93. The minimum Gasteiger partial charge on any atom is -0.497 e. The van der Waals surface area contributed by atoms with Crippen molar-refractivity contribution in [1.82, 2.24) is 0 Å². The van der Waals surface area contributed by atoms with Crippen molar-refractivity contribution in [2.45, 2.75) is 12.8 Å². The Hall–Kier alpha value is -3.88. The van der Waals surface area contributed by atoms with Gasteiger partial charge < -0.3 is 19.5 Å². The monoisotopic (exact) mass is 411 g/mol. The van der Waals surface area contributed by atoms with E-state index in [0.29, 0.717) is 22.9 Å². The number of esters is 1. The van der Waals surface area contributed by atoms with Crippen molar-refractivity contribution in [2.75, 3.05) is 31.2 Å². The molecule has 9 heteroatoms. The van der Waals surface area contributed by atoms with Crippen LogP contribution in [0.25, 0.3) is 0 Å². The lowest BCUT2D eigenvalue weighted by molar-refractivity contribution is -0.140. The lowest BCUT2D eigenvalue weighted by Gasteiger charge is -2.22. The number of benzene rings is 2. The van der Waals surface area contributed by atoms with Gasteiger partial charge in [-0.3, -0.25) is 9.59 Å². The maximum absolute atomic E-state index is 12.3. The molecule has 0 bridgehead atoms. The van der Waals surface area contributed by atoms with Gasteiger partial charge in [0.25, 0.3) is 5.91 Å². The van der Waals surface area contributed by atoms with Crippen LogP contribution in [-0.2, 0) is 19.1 Å². The van der Waals surface area contributed by atoms with Crippen molar-refractivity contribution < 1.29 is 28.6 Å². The number of methoxy groups -OCH3 is 2. The molecular formula is C21H21N3O6. The standard InChI is InChI=1S/C21H21N3O6/c1-28-15-8-10-18(29-2)17(12-15)22-19(25)13-30-21(27)16-9-11-20(26)24(23-16)14-6-4-3-5-7-14/h3-8,10,12H,9,11,13H2,1-2H3,(H,22,25). The number of ether oxygens (including phenoxy) is 3. The van der Waals surface area contributed by atoms with Crippen LogP contribution in [0.15, 0.2) is 53.6 Å². The second-order valence-electron chi connectivity index (χ2n) is 6.28. The van der Waals surface area contributed by atoms with Crippen molar-refractivity contribution in [3.63, 3.8) is 0 Å². The molecule has 0 atom stereocenters. The van der Waals surface area contributed by atoms with Crippen LogP contribution in [0.1, 0.15) is 12.8 Å². The van der Waals surface area contributed by atoms with Crippen LogP contribution in [-0.4, -0.2) is 44.3 Å². The summed E-state index contributed by atoms with van der Waals surface area (Å²) in [5.41, 5.74) is 1.01. The summed E-state index contributed by atoms with van der Waals surface area (Å²) in [4.78, 5) is 36.7. The number of nitrogens with one attached hydrogen (secondary N) is 1. The first kappa shape index (κ1) is 20.8. The summed E-state index contributed by atoms with van der Waals surface area (Å²) in [5, 5.41) is 7.88. The Labute approximate surface area is 173 Å². The van der Waals surface area contributed by atoms with E-state index in [4.69, 9.17) is 14.2 Å². The van der Waals surface area contributed by atoms with Crippen LogP contribution in [0.2, 0.25) is 0 Å². The topological polar surface area (TPSA) is 107 Å². The van der Waals surface area contributed by atoms with Crippen molar-refractivity contribution in [2.24, 2.45) is 5.10 Å². The van der Waals surface area contributed by atoms with Gasteiger partial charge in [0.1, 0.15) is 17.2 Å². The van der Waals surface area contributed by atoms with Crippen LogP contribution in [0.3, 0.4) is 0 Å². The molecule has 156 valence electrons. The SMILES string of the molecule is COc1ccc(OC)c(NC(=O)COC(=O)C2=NN(c3ccccc3)C(=O)CC2)c1. The molecular weight excluding hydrogens is 390 g/mol. The molecule has 0 aliphatic carbocycles. The van der Waals surface area contributed by atoms with Crippen molar-refractivity contribution in [3.8, 4) is 11.5 Å². The van der Waals surface area contributed by atoms with Crippen LogP contribution in [0.5, 0.6) is 11.5 Å². The second-order valence-corrected chi connectivity index (χ2v) is 6.28. The van der Waals surface area contributed by atoms with E-state index in [-0.39, 0.29) is 24.5 Å². The number of anilines is 2. The molecule has 1 aliphatic rings. The first-order valence-electron chi connectivity index (χ1n) is 9.16. The van der Waals surface area contributed by atoms with Gasteiger partial charge in [0, 0.05) is 18.9 Å². The zero-order chi connectivity index (χ0) is 21.5. The smallest absolute Gasteiger partial charge is 0.355 e. The number of nitrogens with zero attached hydrogens (tertiary/aromatic N) is 2. The van der Waals surface area contributed by atoms with E-state index >= 15 is 0 Å². The fourth-order valence-electron chi connectivity index (χ4n) is 2.78. The number of rotatable bonds is 7. The van der Waals surface area contributed by atoms with Crippen LogP contribution >= 0.6 is 0 Å². The van der Waals surface area contributed by atoms with Gasteiger partial charge in [0.2, 0.25) is 5.91 Å². The normalized spacial score (nSPS) is 13.3. The highest BCUT2D eigenvalue weighted by molar-refractivity contribution is 6.38. The van der Waals surface area contributed by atoms with Gasteiger partial charge in [-0.25, -0.2) is 9.80 Å². The summed E-state index contributed by atoms with van der Waals surface area (Å²) >= 11 is 0. The Morgan fingerprint density at radius 2 is 1.83 bits per heavy atom. The minimum absolute atomic E-state index is 0.0743. The van der Waals surface area contributed by atoms with E-state index in [9.17, 15) is 14.4 Å². The average Bonchev–Trinajstić information content (AvgIpc) is 2.78. The Kier molecular flexibility index (Phi) is 6.63.